The molecule has 2 aromatic rings. The number of halogens is 3. The molecule has 0 aliphatic carbocycles. The van der Waals surface area contributed by atoms with Gasteiger partial charge in [0.05, 0.1) is 5.56 Å². The van der Waals surface area contributed by atoms with E-state index in [1.54, 1.807) is 0 Å². The molecule has 0 aliphatic rings. The van der Waals surface area contributed by atoms with Gasteiger partial charge in [-0.1, -0.05) is 5.92 Å². The molecular weight excluding hydrogens is 233 g/mol. The Labute approximate surface area is 93.7 Å². The third-order valence-corrected chi connectivity index (χ3v) is 2.22. The van der Waals surface area contributed by atoms with Crippen molar-refractivity contribution in [2.24, 2.45) is 0 Å². The van der Waals surface area contributed by atoms with Crippen molar-refractivity contribution < 1.29 is 17.6 Å². The van der Waals surface area contributed by atoms with E-state index < -0.39 is 17.4 Å². The molecule has 0 aliphatic heterocycles. The molecule has 0 saturated heterocycles. The standard InChI is InChI=1S/C12H5F3O2/c1-2-7-3-4-8-9(12(13,14)15)6-11(16)17-10(8)5-7/h1,3-6H. The summed E-state index contributed by atoms with van der Waals surface area (Å²) in [5, 5.41) is -0.184. The maximum absolute atomic E-state index is 12.7. The van der Waals surface area contributed by atoms with Crippen molar-refractivity contribution >= 4 is 11.0 Å². The molecule has 0 spiro atoms. The molecule has 0 saturated carbocycles. The van der Waals surface area contributed by atoms with E-state index in [4.69, 9.17) is 6.42 Å². The predicted octanol–water partition coefficient (Wildman–Crippen LogP) is 2.79. The summed E-state index contributed by atoms with van der Waals surface area (Å²) in [5.74, 6) is 2.25. The first-order valence-corrected chi connectivity index (χ1v) is 4.53. The van der Waals surface area contributed by atoms with Crippen molar-refractivity contribution in [1.82, 2.24) is 0 Å². The molecule has 86 valence electrons. The Morgan fingerprint density at radius 2 is 1.94 bits per heavy atom. The van der Waals surface area contributed by atoms with Crippen molar-refractivity contribution in [2.45, 2.75) is 6.18 Å². The molecule has 17 heavy (non-hydrogen) atoms. The molecule has 2 rings (SSSR count). The largest absolute Gasteiger partial charge is 0.423 e. The number of terminal acetylenes is 1. The Morgan fingerprint density at radius 3 is 2.53 bits per heavy atom. The molecule has 0 fully saturated rings. The van der Waals surface area contributed by atoms with E-state index in [-0.39, 0.29) is 11.0 Å². The van der Waals surface area contributed by atoms with E-state index in [9.17, 15) is 18.0 Å². The molecule has 0 atom stereocenters. The number of fused-ring (bicyclic) bond motifs is 1. The quantitative estimate of drug-likeness (QED) is 0.521. The van der Waals surface area contributed by atoms with Gasteiger partial charge >= 0.3 is 11.8 Å². The van der Waals surface area contributed by atoms with Crippen LogP contribution in [0.1, 0.15) is 11.1 Å². The van der Waals surface area contributed by atoms with E-state index in [0.29, 0.717) is 11.6 Å². The molecule has 1 aromatic carbocycles. The minimum absolute atomic E-state index is 0.166. The highest BCUT2D eigenvalue weighted by Crippen LogP contribution is 2.33. The summed E-state index contributed by atoms with van der Waals surface area (Å²) >= 11 is 0. The molecular formula is C12H5F3O2. The van der Waals surface area contributed by atoms with E-state index >= 15 is 0 Å². The highest BCUT2D eigenvalue weighted by molar-refractivity contribution is 5.82. The third-order valence-electron chi connectivity index (χ3n) is 2.22. The Kier molecular flexibility index (Phi) is 2.43. The van der Waals surface area contributed by atoms with Gasteiger partial charge in [-0.3, -0.25) is 0 Å². The van der Waals surface area contributed by atoms with Gasteiger partial charge in [-0.25, -0.2) is 4.79 Å². The molecule has 1 heterocycles. The number of alkyl halides is 3. The minimum atomic E-state index is -4.61. The molecule has 2 nitrogen and oxygen atoms in total. The van der Waals surface area contributed by atoms with Gasteiger partial charge in [0.1, 0.15) is 5.58 Å². The fourth-order valence-corrected chi connectivity index (χ4v) is 1.49. The van der Waals surface area contributed by atoms with Gasteiger partial charge in [0.25, 0.3) is 0 Å². The van der Waals surface area contributed by atoms with Gasteiger partial charge in [-0.05, 0) is 18.2 Å². The van der Waals surface area contributed by atoms with E-state index in [1.165, 1.54) is 18.2 Å². The Bertz CT molecular complexity index is 675. The van der Waals surface area contributed by atoms with E-state index in [2.05, 4.69) is 10.3 Å². The first-order chi connectivity index (χ1) is 7.91. The highest BCUT2D eigenvalue weighted by atomic mass is 19.4. The Hall–Kier alpha value is -2.22. The number of hydrogen-bond acceptors (Lipinski definition) is 2. The number of benzene rings is 1. The van der Waals surface area contributed by atoms with Gasteiger partial charge in [0.2, 0.25) is 0 Å². The molecule has 0 unspecified atom stereocenters. The van der Waals surface area contributed by atoms with Crippen molar-refractivity contribution in [1.29, 1.82) is 0 Å². The first kappa shape index (κ1) is 11.3. The molecule has 1 aromatic heterocycles. The van der Waals surface area contributed by atoms with Crippen LogP contribution in [0.25, 0.3) is 11.0 Å². The lowest BCUT2D eigenvalue weighted by Gasteiger charge is -2.08. The van der Waals surface area contributed by atoms with Crippen LogP contribution in [0.2, 0.25) is 0 Å². The second-order valence-corrected chi connectivity index (χ2v) is 3.33. The van der Waals surface area contributed by atoms with Crippen LogP contribution in [0.4, 0.5) is 13.2 Å². The summed E-state index contributed by atoms with van der Waals surface area (Å²) in [4.78, 5) is 11.0. The summed E-state index contributed by atoms with van der Waals surface area (Å²) in [5.41, 5.74) is -1.90. The summed E-state index contributed by atoms with van der Waals surface area (Å²) in [7, 11) is 0. The zero-order valence-corrected chi connectivity index (χ0v) is 8.34. The normalized spacial score (nSPS) is 11.4. The third kappa shape index (κ3) is 2.02. The van der Waals surface area contributed by atoms with Crippen LogP contribution in [-0.4, -0.2) is 0 Å². The monoisotopic (exact) mass is 238 g/mol. The lowest BCUT2D eigenvalue weighted by atomic mass is 10.1. The second kappa shape index (κ2) is 3.67. The summed E-state index contributed by atoms with van der Waals surface area (Å²) < 4.78 is 42.7. The van der Waals surface area contributed by atoms with Crippen LogP contribution in [0.5, 0.6) is 0 Å². The van der Waals surface area contributed by atoms with Crippen molar-refractivity contribution in [3.63, 3.8) is 0 Å². The second-order valence-electron chi connectivity index (χ2n) is 3.33. The van der Waals surface area contributed by atoms with Crippen LogP contribution in [-0.2, 0) is 6.18 Å². The van der Waals surface area contributed by atoms with Crippen LogP contribution >= 0.6 is 0 Å². The SMILES string of the molecule is C#Cc1ccc2c(C(F)(F)F)cc(=O)oc2c1. The van der Waals surface area contributed by atoms with Gasteiger partial charge in [-0.2, -0.15) is 13.2 Å². The summed E-state index contributed by atoms with van der Waals surface area (Å²) in [6.07, 6.45) is 0.505. The zero-order valence-electron chi connectivity index (χ0n) is 8.34. The van der Waals surface area contributed by atoms with Gasteiger partial charge in [-0.15, -0.1) is 6.42 Å². The van der Waals surface area contributed by atoms with E-state index in [0.717, 1.165) is 0 Å². The van der Waals surface area contributed by atoms with Crippen LogP contribution < -0.4 is 5.63 Å². The highest BCUT2D eigenvalue weighted by Gasteiger charge is 2.33. The maximum Gasteiger partial charge on any atom is 0.417 e. The van der Waals surface area contributed by atoms with Gasteiger partial charge < -0.3 is 4.42 Å². The Morgan fingerprint density at radius 1 is 1.24 bits per heavy atom. The lowest BCUT2D eigenvalue weighted by Crippen LogP contribution is -2.10. The fourth-order valence-electron chi connectivity index (χ4n) is 1.49. The Balaban J connectivity index is 2.88. The minimum Gasteiger partial charge on any atom is -0.423 e. The predicted molar refractivity (Wildman–Crippen MR) is 55.4 cm³/mol. The average Bonchev–Trinajstić information content (AvgIpc) is 2.25. The van der Waals surface area contributed by atoms with Crippen molar-refractivity contribution in [2.75, 3.05) is 0 Å². The van der Waals surface area contributed by atoms with Gasteiger partial charge in [0.15, 0.2) is 0 Å². The fraction of sp³-hybridized carbons (Fsp3) is 0.0833. The topological polar surface area (TPSA) is 30.2 Å². The van der Waals surface area contributed by atoms with Crippen LogP contribution in [0.15, 0.2) is 33.5 Å². The molecule has 0 N–H and O–H groups in total. The number of rotatable bonds is 0. The smallest absolute Gasteiger partial charge is 0.417 e. The van der Waals surface area contributed by atoms with Crippen LogP contribution in [0.3, 0.4) is 0 Å². The lowest BCUT2D eigenvalue weighted by molar-refractivity contribution is -0.136. The first-order valence-electron chi connectivity index (χ1n) is 4.53. The molecule has 0 amide bonds. The summed E-state index contributed by atoms with van der Waals surface area (Å²) in [6, 6.07) is 4.21. The molecule has 0 radical (unpaired) electrons. The van der Waals surface area contributed by atoms with E-state index in [1.807, 2.05) is 0 Å². The van der Waals surface area contributed by atoms with Crippen LogP contribution in [0, 0.1) is 12.3 Å². The average molecular weight is 238 g/mol. The summed E-state index contributed by atoms with van der Waals surface area (Å²) in [6.45, 7) is 0. The number of hydrogen-bond donors (Lipinski definition) is 0. The maximum atomic E-state index is 12.7. The molecule has 5 heteroatoms. The van der Waals surface area contributed by atoms with Crippen molar-refractivity contribution in [3.8, 4) is 12.3 Å². The van der Waals surface area contributed by atoms with Crippen molar-refractivity contribution in [3.05, 3.63) is 45.8 Å². The molecule has 0 bridgehead atoms. The van der Waals surface area contributed by atoms with Gasteiger partial charge in [0, 0.05) is 17.0 Å². The zero-order chi connectivity index (χ0) is 12.6.